The molecule has 0 aromatic heterocycles. The number of amides is 2. The van der Waals surface area contributed by atoms with Gasteiger partial charge in [-0.15, -0.1) is 0 Å². The third kappa shape index (κ3) is 2.31. The number of hydrogen-bond acceptors (Lipinski definition) is 5. The maximum absolute atomic E-state index is 13.9. The predicted octanol–water partition coefficient (Wildman–Crippen LogP) is 3.59. The van der Waals surface area contributed by atoms with E-state index in [9.17, 15) is 14.0 Å². The number of hydrogen-bond donors (Lipinski definition) is 0. The first-order chi connectivity index (χ1) is 12.4. The van der Waals surface area contributed by atoms with Crippen molar-refractivity contribution in [1.29, 1.82) is 0 Å². The molecule has 2 atom stereocenters. The Kier molecular flexibility index (Phi) is 3.77. The van der Waals surface area contributed by atoms with Crippen LogP contribution in [0.4, 0.5) is 15.8 Å². The molecule has 0 saturated carbocycles. The van der Waals surface area contributed by atoms with E-state index in [0.717, 1.165) is 10.5 Å². The average Bonchev–Trinajstić information content (AvgIpc) is 3.14. The van der Waals surface area contributed by atoms with Crippen molar-refractivity contribution in [3.05, 3.63) is 58.4 Å². The number of aryl methyl sites for hydroxylation is 1. The van der Waals surface area contributed by atoms with Crippen LogP contribution in [0.5, 0.6) is 0 Å². The highest BCUT2D eigenvalue weighted by Gasteiger charge is 2.55. The molecule has 0 unspecified atom stereocenters. The van der Waals surface area contributed by atoms with Gasteiger partial charge >= 0.3 is 0 Å². The van der Waals surface area contributed by atoms with E-state index in [1.54, 1.807) is 38.1 Å². The molecule has 132 valence electrons. The quantitative estimate of drug-likeness (QED) is 0.756. The van der Waals surface area contributed by atoms with Gasteiger partial charge in [0.25, 0.3) is 11.8 Å². The smallest absolute Gasteiger partial charge is 0.263 e. The Morgan fingerprint density at radius 2 is 1.88 bits per heavy atom. The highest BCUT2D eigenvalue weighted by Crippen LogP contribution is 2.37. The normalized spacial score (nSPS) is 21.7. The van der Waals surface area contributed by atoms with Crippen molar-refractivity contribution in [2.45, 2.75) is 25.9 Å². The molecule has 2 aromatic carbocycles. The number of nitrogens with zero attached hydrogens (tertiary/aromatic N) is 4. The standard InChI is InChI=1S/C18H14ClFN4O2/c1-9-6-7-11(8-13(9)20)23-17(25)15-16(18(23)26)24(22-21-15)14-5-3-4-12(19)10(14)2/h3-8,15-16H,1-2H3/t15-,16+/m1/s1. The number of imide groups is 1. The molecule has 8 heteroatoms. The molecule has 0 spiro atoms. The lowest BCUT2D eigenvalue weighted by molar-refractivity contribution is -0.121. The molecule has 2 heterocycles. The maximum atomic E-state index is 13.9. The molecule has 0 radical (unpaired) electrons. The van der Waals surface area contributed by atoms with Crippen molar-refractivity contribution >= 4 is 34.8 Å². The molecule has 1 saturated heterocycles. The lowest BCUT2D eigenvalue weighted by Gasteiger charge is -2.22. The maximum Gasteiger partial charge on any atom is 0.263 e. The molecule has 4 rings (SSSR count). The third-order valence-electron chi connectivity index (χ3n) is 4.68. The minimum atomic E-state index is -0.953. The van der Waals surface area contributed by atoms with Gasteiger partial charge in [-0.3, -0.25) is 9.59 Å². The summed E-state index contributed by atoms with van der Waals surface area (Å²) in [6.07, 6.45) is 0. The van der Waals surface area contributed by atoms with E-state index >= 15 is 0 Å². The van der Waals surface area contributed by atoms with Crippen LogP contribution in [0.1, 0.15) is 11.1 Å². The van der Waals surface area contributed by atoms with Crippen LogP contribution in [-0.2, 0) is 9.59 Å². The largest absolute Gasteiger partial charge is 0.271 e. The van der Waals surface area contributed by atoms with E-state index in [1.165, 1.54) is 17.1 Å². The van der Waals surface area contributed by atoms with Gasteiger partial charge in [0.2, 0.25) is 0 Å². The summed E-state index contributed by atoms with van der Waals surface area (Å²) < 4.78 is 13.9. The lowest BCUT2D eigenvalue weighted by Crippen LogP contribution is -2.40. The van der Waals surface area contributed by atoms with E-state index in [1.807, 2.05) is 0 Å². The average molecular weight is 373 g/mol. The lowest BCUT2D eigenvalue weighted by atomic mass is 10.1. The van der Waals surface area contributed by atoms with Gasteiger partial charge in [-0.1, -0.05) is 29.0 Å². The first-order valence-corrected chi connectivity index (χ1v) is 8.37. The molecule has 2 aliphatic rings. The molecule has 26 heavy (non-hydrogen) atoms. The summed E-state index contributed by atoms with van der Waals surface area (Å²) >= 11 is 6.15. The highest BCUT2D eigenvalue weighted by atomic mass is 35.5. The molecule has 2 amide bonds. The number of halogens is 2. The predicted molar refractivity (Wildman–Crippen MR) is 94.7 cm³/mol. The van der Waals surface area contributed by atoms with E-state index in [-0.39, 0.29) is 5.69 Å². The zero-order chi connectivity index (χ0) is 18.6. The van der Waals surface area contributed by atoms with Gasteiger partial charge in [0, 0.05) is 5.02 Å². The van der Waals surface area contributed by atoms with Crippen LogP contribution in [0, 0.1) is 19.7 Å². The molecule has 0 N–H and O–H groups in total. The fraction of sp³-hybridized carbons (Fsp3) is 0.222. The summed E-state index contributed by atoms with van der Waals surface area (Å²) in [5.41, 5.74) is 1.96. The number of fused-ring (bicyclic) bond motifs is 1. The SMILES string of the molecule is Cc1ccc(N2C(=O)[C@@H]3[C@@H](N=NN3c3cccc(Cl)c3C)C2=O)cc1F. The van der Waals surface area contributed by atoms with E-state index in [2.05, 4.69) is 10.3 Å². The highest BCUT2D eigenvalue weighted by molar-refractivity contribution is 6.32. The minimum Gasteiger partial charge on any atom is -0.271 e. The number of carbonyl (C=O) groups is 2. The van der Waals surface area contributed by atoms with Gasteiger partial charge in [-0.25, -0.2) is 14.3 Å². The number of anilines is 2. The summed E-state index contributed by atoms with van der Waals surface area (Å²) in [6.45, 7) is 3.41. The van der Waals surface area contributed by atoms with Crippen LogP contribution in [-0.4, -0.2) is 23.9 Å². The second kappa shape index (κ2) is 5.88. The monoisotopic (exact) mass is 372 g/mol. The Morgan fingerprint density at radius 1 is 1.12 bits per heavy atom. The summed E-state index contributed by atoms with van der Waals surface area (Å²) in [6, 6.07) is 7.62. The van der Waals surface area contributed by atoms with Gasteiger partial charge in [0.1, 0.15) is 5.82 Å². The second-order valence-corrected chi connectivity index (χ2v) is 6.68. The van der Waals surface area contributed by atoms with Gasteiger partial charge in [0.05, 0.1) is 11.4 Å². The van der Waals surface area contributed by atoms with Gasteiger partial charge in [0.15, 0.2) is 12.1 Å². The van der Waals surface area contributed by atoms with Crippen LogP contribution in [0.25, 0.3) is 0 Å². The molecule has 1 fully saturated rings. The van der Waals surface area contributed by atoms with E-state index in [4.69, 9.17) is 11.6 Å². The second-order valence-electron chi connectivity index (χ2n) is 6.27. The first kappa shape index (κ1) is 16.7. The van der Waals surface area contributed by atoms with E-state index < -0.39 is 29.7 Å². The van der Waals surface area contributed by atoms with Crippen molar-refractivity contribution in [2.24, 2.45) is 10.3 Å². The van der Waals surface area contributed by atoms with Crippen LogP contribution >= 0.6 is 11.6 Å². The minimum absolute atomic E-state index is 0.190. The molecular weight excluding hydrogens is 359 g/mol. The Bertz CT molecular complexity index is 978. The molecule has 0 aliphatic carbocycles. The third-order valence-corrected chi connectivity index (χ3v) is 5.09. The molecule has 2 aliphatic heterocycles. The topological polar surface area (TPSA) is 65.3 Å². The van der Waals surface area contributed by atoms with Crippen molar-refractivity contribution in [3.63, 3.8) is 0 Å². The first-order valence-electron chi connectivity index (χ1n) is 7.99. The van der Waals surface area contributed by atoms with Crippen LogP contribution in [0.3, 0.4) is 0 Å². The fourth-order valence-corrected chi connectivity index (χ4v) is 3.35. The van der Waals surface area contributed by atoms with E-state index in [0.29, 0.717) is 16.3 Å². The summed E-state index contributed by atoms with van der Waals surface area (Å²) in [7, 11) is 0. The molecule has 6 nitrogen and oxygen atoms in total. The van der Waals surface area contributed by atoms with Gasteiger partial charge in [-0.05, 0) is 49.2 Å². The molecule has 2 aromatic rings. The Balaban J connectivity index is 1.74. The summed E-state index contributed by atoms with van der Waals surface area (Å²) in [5, 5.41) is 9.92. The van der Waals surface area contributed by atoms with Crippen LogP contribution in [0.2, 0.25) is 5.02 Å². The Hall–Kier alpha value is -2.80. The molecule has 0 bridgehead atoms. The molecular formula is C18H14ClFN4O2. The van der Waals surface area contributed by atoms with Crippen molar-refractivity contribution < 1.29 is 14.0 Å². The van der Waals surface area contributed by atoms with Crippen LogP contribution < -0.4 is 9.91 Å². The summed E-state index contributed by atoms with van der Waals surface area (Å²) in [4.78, 5) is 26.6. The number of benzene rings is 2. The van der Waals surface area contributed by atoms with Crippen molar-refractivity contribution in [1.82, 2.24) is 0 Å². The van der Waals surface area contributed by atoms with Crippen molar-refractivity contribution in [2.75, 3.05) is 9.91 Å². The van der Waals surface area contributed by atoms with Gasteiger partial charge < -0.3 is 0 Å². The van der Waals surface area contributed by atoms with Crippen LogP contribution in [0.15, 0.2) is 46.7 Å². The van der Waals surface area contributed by atoms with Gasteiger partial charge in [-0.2, -0.15) is 5.11 Å². The number of carbonyl (C=O) groups excluding carboxylic acids is 2. The zero-order valence-corrected chi connectivity index (χ0v) is 14.7. The fourth-order valence-electron chi connectivity index (χ4n) is 3.18. The van der Waals surface area contributed by atoms with Crippen molar-refractivity contribution in [3.8, 4) is 0 Å². The number of rotatable bonds is 2. The Morgan fingerprint density at radius 3 is 2.62 bits per heavy atom. The zero-order valence-electron chi connectivity index (χ0n) is 14.0. The Labute approximate surface area is 153 Å². The summed E-state index contributed by atoms with van der Waals surface area (Å²) in [5.74, 6) is -1.49.